The van der Waals surface area contributed by atoms with E-state index in [1.807, 2.05) is 13.1 Å². The first-order chi connectivity index (χ1) is 11.7. The highest BCUT2D eigenvalue weighted by Gasteiger charge is 2.11. The van der Waals surface area contributed by atoms with Gasteiger partial charge in [-0.3, -0.25) is 4.68 Å². The number of nitrogens with zero attached hydrogens (tertiary/aromatic N) is 4. The summed E-state index contributed by atoms with van der Waals surface area (Å²) in [6.07, 6.45) is 2.42. The van der Waals surface area contributed by atoms with Gasteiger partial charge in [-0.25, -0.2) is 0 Å². The summed E-state index contributed by atoms with van der Waals surface area (Å²) in [4.78, 5) is 9.05. The van der Waals surface area contributed by atoms with Gasteiger partial charge in [0.1, 0.15) is 5.82 Å². The first-order valence-corrected chi connectivity index (χ1v) is 8.01. The minimum absolute atomic E-state index is 0.138. The second kappa shape index (κ2) is 7.27. The van der Waals surface area contributed by atoms with Crippen molar-refractivity contribution in [1.29, 1.82) is 0 Å². The molecule has 0 aliphatic heterocycles. The summed E-state index contributed by atoms with van der Waals surface area (Å²) in [5.74, 6) is 1.28. The highest BCUT2D eigenvalue weighted by Crippen LogP contribution is 2.22. The van der Waals surface area contributed by atoms with Crippen LogP contribution in [0.3, 0.4) is 0 Å². The van der Waals surface area contributed by atoms with Crippen LogP contribution in [0.15, 0.2) is 30.5 Å². The predicted molar refractivity (Wildman–Crippen MR) is 95.0 cm³/mol. The van der Waals surface area contributed by atoms with Gasteiger partial charge >= 0.3 is 0 Å². The minimum Gasteiger partial charge on any atom is -0.396 e. The smallest absolute Gasteiger partial charge is 0.226 e. The monoisotopic (exact) mass is 326 g/mol. The zero-order chi connectivity index (χ0) is 16.9. The van der Waals surface area contributed by atoms with Crippen LogP contribution in [0.4, 0.5) is 11.8 Å². The molecule has 126 valence electrons. The van der Waals surface area contributed by atoms with Crippen molar-refractivity contribution in [2.24, 2.45) is 7.05 Å². The Balaban J connectivity index is 1.84. The van der Waals surface area contributed by atoms with Crippen molar-refractivity contribution in [2.75, 3.05) is 23.8 Å². The van der Waals surface area contributed by atoms with E-state index in [2.05, 4.69) is 50.8 Å². The van der Waals surface area contributed by atoms with Crippen LogP contribution >= 0.6 is 0 Å². The normalized spacial score (nSPS) is 11.0. The van der Waals surface area contributed by atoms with Crippen LogP contribution < -0.4 is 10.6 Å². The van der Waals surface area contributed by atoms with Crippen LogP contribution in [0.1, 0.15) is 17.5 Å². The Hall–Kier alpha value is -2.67. The molecule has 0 aliphatic carbocycles. The van der Waals surface area contributed by atoms with Crippen LogP contribution in [0.5, 0.6) is 0 Å². The summed E-state index contributed by atoms with van der Waals surface area (Å²) < 4.78 is 1.73. The van der Waals surface area contributed by atoms with Crippen molar-refractivity contribution in [3.05, 3.63) is 41.6 Å². The first kappa shape index (κ1) is 16.2. The molecule has 0 amide bonds. The van der Waals surface area contributed by atoms with Gasteiger partial charge in [-0.05, 0) is 18.9 Å². The van der Waals surface area contributed by atoms with E-state index in [0.717, 1.165) is 16.9 Å². The maximum atomic E-state index is 8.91. The molecule has 3 rings (SSSR count). The zero-order valence-electron chi connectivity index (χ0n) is 14.0. The van der Waals surface area contributed by atoms with Gasteiger partial charge in [0, 0.05) is 26.7 Å². The summed E-state index contributed by atoms with van der Waals surface area (Å²) in [7, 11) is 1.86. The molecule has 0 bridgehead atoms. The Labute approximate surface area is 140 Å². The zero-order valence-corrected chi connectivity index (χ0v) is 14.0. The van der Waals surface area contributed by atoms with E-state index in [9.17, 15) is 0 Å². The number of nitrogens with one attached hydrogen (secondary N) is 2. The van der Waals surface area contributed by atoms with Crippen LogP contribution in [-0.4, -0.2) is 38.0 Å². The molecular weight excluding hydrogens is 304 g/mol. The highest BCUT2D eigenvalue weighted by molar-refractivity contribution is 5.87. The number of hydrogen-bond donors (Lipinski definition) is 3. The van der Waals surface area contributed by atoms with Crippen LogP contribution in [0.2, 0.25) is 0 Å². The molecule has 0 radical (unpaired) electrons. The highest BCUT2D eigenvalue weighted by atomic mass is 16.3. The number of rotatable bonds is 7. The third-order valence-corrected chi connectivity index (χ3v) is 3.75. The Morgan fingerprint density at radius 3 is 2.88 bits per heavy atom. The SMILES string of the molecule is Cc1cccc(CNc2nc(NCCCO)nc3c2cnn3C)c1. The van der Waals surface area contributed by atoms with Gasteiger partial charge in [0.2, 0.25) is 5.95 Å². The average molecular weight is 326 g/mol. The fourth-order valence-corrected chi connectivity index (χ4v) is 2.52. The van der Waals surface area contributed by atoms with E-state index in [0.29, 0.717) is 25.5 Å². The molecule has 0 unspecified atom stereocenters. The van der Waals surface area contributed by atoms with Gasteiger partial charge < -0.3 is 15.7 Å². The lowest BCUT2D eigenvalue weighted by atomic mass is 10.1. The fraction of sp³-hybridized carbons (Fsp3) is 0.353. The molecule has 2 aromatic heterocycles. The summed E-state index contributed by atoms with van der Waals surface area (Å²) in [5, 5.41) is 20.6. The summed E-state index contributed by atoms with van der Waals surface area (Å²) in [5.41, 5.74) is 3.19. The van der Waals surface area contributed by atoms with E-state index in [1.54, 1.807) is 10.9 Å². The molecule has 7 nitrogen and oxygen atoms in total. The summed E-state index contributed by atoms with van der Waals surface area (Å²) in [6, 6.07) is 8.36. The molecule has 24 heavy (non-hydrogen) atoms. The van der Waals surface area contributed by atoms with E-state index < -0.39 is 0 Å². The number of aromatic nitrogens is 4. The topological polar surface area (TPSA) is 87.9 Å². The van der Waals surface area contributed by atoms with Gasteiger partial charge in [0.25, 0.3) is 0 Å². The molecule has 3 aromatic rings. The van der Waals surface area contributed by atoms with Crippen molar-refractivity contribution >= 4 is 22.8 Å². The number of aliphatic hydroxyl groups is 1. The Morgan fingerprint density at radius 1 is 1.21 bits per heavy atom. The number of anilines is 2. The van der Waals surface area contributed by atoms with Gasteiger partial charge in [-0.15, -0.1) is 0 Å². The molecule has 3 N–H and O–H groups in total. The number of hydrogen-bond acceptors (Lipinski definition) is 6. The van der Waals surface area contributed by atoms with Crippen molar-refractivity contribution in [3.63, 3.8) is 0 Å². The molecule has 0 fully saturated rings. The van der Waals surface area contributed by atoms with E-state index in [-0.39, 0.29) is 6.61 Å². The number of benzene rings is 1. The van der Waals surface area contributed by atoms with Crippen molar-refractivity contribution < 1.29 is 5.11 Å². The van der Waals surface area contributed by atoms with E-state index >= 15 is 0 Å². The Kier molecular flexibility index (Phi) is 4.90. The molecular formula is C17H22N6O. The van der Waals surface area contributed by atoms with E-state index in [1.165, 1.54) is 11.1 Å². The fourth-order valence-electron chi connectivity index (χ4n) is 2.52. The van der Waals surface area contributed by atoms with Crippen LogP contribution in [0.25, 0.3) is 11.0 Å². The second-order valence-corrected chi connectivity index (χ2v) is 5.75. The van der Waals surface area contributed by atoms with Crippen molar-refractivity contribution in [1.82, 2.24) is 19.7 Å². The second-order valence-electron chi connectivity index (χ2n) is 5.75. The number of fused-ring (bicyclic) bond motifs is 1. The third kappa shape index (κ3) is 3.62. The van der Waals surface area contributed by atoms with Gasteiger partial charge in [0.05, 0.1) is 11.6 Å². The molecule has 1 aromatic carbocycles. The lowest BCUT2D eigenvalue weighted by Gasteiger charge is -2.10. The number of aliphatic hydroxyl groups excluding tert-OH is 1. The van der Waals surface area contributed by atoms with Crippen molar-refractivity contribution in [2.45, 2.75) is 19.9 Å². The van der Waals surface area contributed by atoms with Gasteiger partial charge in [-0.1, -0.05) is 29.8 Å². The Morgan fingerprint density at radius 2 is 2.08 bits per heavy atom. The summed E-state index contributed by atoms with van der Waals surface area (Å²) >= 11 is 0. The Bertz CT molecular complexity index is 829. The third-order valence-electron chi connectivity index (χ3n) is 3.75. The molecule has 2 heterocycles. The van der Waals surface area contributed by atoms with Crippen LogP contribution in [0, 0.1) is 6.92 Å². The summed E-state index contributed by atoms with van der Waals surface area (Å²) in [6.45, 7) is 3.52. The maximum Gasteiger partial charge on any atom is 0.226 e. The lowest BCUT2D eigenvalue weighted by molar-refractivity contribution is 0.292. The van der Waals surface area contributed by atoms with Crippen LogP contribution in [-0.2, 0) is 13.6 Å². The van der Waals surface area contributed by atoms with E-state index in [4.69, 9.17) is 5.11 Å². The molecule has 0 saturated carbocycles. The molecule has 0 atom stereocenters. The maximum absolute atomic E-state index is 8.91. The average Bonchev–Trinajstić information content (AvgIpc) is 2.95. The largest absolute Gasteiger partial charge is 0.396 e. The van der Waals surface area contributed by atoms with Crippen molar-refractivity contribution in [3.8, 4) is 0 Å². The number of aryl methyl sites for hydroxylation is 2. The molecule has 0 aliphatic rings. The lowest BCUT2D eigenvalue weighted by Crippen LogP contribution is -2.10. The van der Waals surface area contributed by atoms with Gasteiger partial charge in [-0.2, -0.15) is 15.1 Å². The first-order valence-electron chi connectivity index (χ1n) is 8.01. The molecule has 0 saturated heterocycles. The standard InChI is InChI=1S/C17H22N6O/c1-12-5-3-6-13(9-12)10-19-15-14-11-20-23(2)16(14)22-17(21-15)18-7-4-8-24/h3,5-6,9,11,24H,4,7-8,10H2,1-2H3,(H2,18,19,21,22). The molecule has 0 spiro atoms. The van der Waals surface area contributed by atoms with Gasteiger partial charge in [0.15, 0.2) is 5.65 Å². The quantitative estimate of drug-likeness (QED) is 0.576. The molecule has 7 heteroatoms. The minimum atomic E-state index is 0.138. The predicted octanol–water partition coefficient (Wildman–Crippen LogP) is 2.08.